The lowest BCUT2D eigenvalue weighted by Crippen LogP contribution is -2.36. The van der Waals surface area contributed by atoms with E-state index in [4.69, 9.17) is 24.8 Å². The second-order valence-corrected chi connectivity index (χ2v) is 10.4. The zero-order valence-corrected chi connectivity index (χ0v) is 17.7. The Balaban J connectivity index is 2.02. The molecular formula is C10H16N5O13P3. The minimum Gasteiger partial charge on any atom is -0.394 e. The average molecular weight is 507 g/mol. The van der Waals surface area contributed by atoms with Crippen LogP contribution in [0, 0.1) is 0 Å². The number of phosphoric acid groups is 3. The van der Waals surface area contributed by atoms with Gasteiger partial charge in [-0.15, -0.1) is 0 Å². The van der Waals surface area contributed by atoms with E-state index in [2.05, 4.69) is 23.6 Å². The molecule has 5 atom stereocenters. The summed E-state index contributed by atoms with van der Waals surface area (Å²) in [5, 5.41) is 19.5. The van der Waals surface area contributed by atoms with E-state index in [0.29, 0.717) is 0 Å². The van der Waals surface area contributed by atoms with Gasteiger partial charge in [0.1, 0.15) is 17.9 Å². The standard InChI is InChI=1S/C10H16N5O13P3/c11-9-12-2-5-8(14-9)15(4-13-5)10(1-6(17)7(3-16)25-10)26-30(21,22)28-31(23,24)27-29(18,19)20/h2,4,6-7,16-17H,1,3H2,(H,21,22)(H,23,24)(H2,11,12,14)(H2,18,19,20)/t6-,7+,10?/m0/s1. The highest BCUT2D eigenvalue weighted by atomic mass is 31.3. The number of phosphoric ester groups is 1. The molecule has 18 nitrogen and oxygen atoms in total. The van der Waals surface area contributed by atoms with E-state index < -0.39 is 54.6 Å². The smallest absolute Gasteiger partial charge is 0.394 e. The van der Waals surface area contributed by atoms with Gasteiger partial charge in [0.2, 0.25) is 5.95 Å². The molecule has 2 aromatic rings. The number of anilines is 1. The summed E-state index contributed by atoms with van der Waals surface area (Å²) in [7, 11) is -17.2. The van der Waals surface area contributed by atoms with Gasteiger partial charge in [-0.25, -0.2) is 28.2 Å². The Labute approximate surface area is 171 Å². The monoisotopic (exact) mass is 507 g/mol. The van der Waals surface area contributed by atoms with Crippen molar-refractivity contribution in [3.8, 4) is 0 Å². The van der Waals surface area contributed by atoms with Crippen LogP contribution in [0.4, 0.5) is 5.95 Å². The first-order valence-corrected chi connectivity index (χ1v) is 12.4. The summed E-state index contributed by atoms with van der Waals surface area (Å²) in [5.41, 5.74) is 5.48. The van der Waals surface area contributed by atoms with E-state index >= 15 is 0 Å². The first kappa shape index (κ1) is 24.3. The third-order valence-electron chi connectivity index (χ3n) is 3.76. The topological polar surface area (TPSA) is 279 Å². The van der Waals surface area contributed by atoms with Gasteiger partial charge in [0.05, 0.1) is 25.3 Å². The first-order chi connectivity index (χ1) is 14.2. The van der Waals surface area contributed by atoms with Crippen LogP contribution in [0.1, 0.15) is 6.42 Å². The molecule has 0 aromatic carbocycles. The molecule has 0 bridgehead atoms. The molecule has 1 fully saturated rings. The Morgan fingerprint density at radius 3 is 2.45 bits per heavy atom. The predicted octanol–water partition coefficient (Wildman–Crippen LogP) is -1.50. The van der Waals surface area contributed by atoms with Gasteiger partial charge in [-0.3, -0.25) is 4.57 Å². The zero-order valence-electron chi connectivity index (χ0n) is 15.0. The van der Waals surface area contributed by atoms with E-state index in [-0.39, 0.29) is 17.1 Å². The molecule has 8 N–H and O–H groups in total. The molecular weight excluding hydrogens is 491 g/mol. The van der Waals surface area contributed by atoms with Crippen LogP contribution in [0.3, 0.4) is 0 Å². The molecule has 0 radical (unpaired) electrons. The summed E-state index contributed by atoms with van der Waals surface area (Å²) < 4.78 is 53.3. The Bertz CT molecular complexity index is 1120. The van der Waals surface area contributed by atoms with Gasteiger partial charge in [-0.1, -0.05) is 0 Å². The van der Waals surface area contributed by atoms with Crippen LogP contribution in [0.5, 0.6) is 0 Å². The van der Waals surface area contributed by atoms with Gasteiger partial charge >= 0.3 is 23.5 Å². The number of aliphatic hydroxyl groups excluding tert-OH is 2. The molecule has 0 aliphatic carbocycles. The second-order valence-electron chi connectivity index (χ2n) is 6.06. The largest absolute Gasteiger partial charge is 0.490 e. The molecule has 174 valence electrons. The molecule has 2 aromatic heterocycles. The molecule has 0 spiro atoms. The summed E-state index contributed by atoms with van der Waals surface area (Å²) >= 11 is 0. The van der Waals surface area contributed by atoms with E-state index in [1.54, 1.807) is 0 Å². The minimum absolute atomic E-state index is 0.0917. The fourth-order valence-electron chi connectivity index (χ4n) is 2.72. The van der Waals surface area contributed by atoms with E-state index in [1.807, 2.05) is 0 Å². The lowest BCUT2D eigenvalue weighted by molar-refractivity contribution is -0.242. The molecule has 1 aliphatic rings. The summed E-state index contributed by atoms with van der Waals surface area (Å²) in [6, 6.07) is 0. The summed E-state index contributed by atoms with van der Waals surface area (Å²) in [4.78, 5) is 48.1. The van der Waals surface area contributed by atoms with Crippen molar-refractivity contribution in [2.75, 3.05) is 12.3 Å². The van der Waals surface area contributed by atoms with Crippen LogP contribution in [0.25, 0.3) is 11.2 Å². The van der Waals surface area contributed by atoms with Crippen molar-refractivity contribution in [3.05, 3.63) is 12.5 Å². The zero-order chi connectivity index (χ0) is 23.2. The minimum atomic E-state index is -5.83. The van der Waals surface area contributed by atoms with E-state index in [1.165, 1.54) is 6.20 Å². The maximum absolute atomic E-state index is 12.4. The Hall–Kier alpha value is -1.36. The normalized spacial score (nSPS) is 28.5. The van der Waals surface area contributed by atoms with Crippen molar-refractivity contribution in [2.24, 2.45) is 0 Å². The molecule has 21 heteroatoms. The van der Waals surface area contributed by atoms with Crippen molar-refractivity contribution in [1.29, 1.82) is 0 Å². The lowest BCUT2D eigenvalue weighted by Gasteiger charge is -2.31. The molecule has 3 unspecified atom stereocenters. The number of aromatic nitrogens is 4. The molecule has 1 saturated heterocycles. The van der Waals surface area contributed by atoms with Crippen molar-refractivity contribution in [2.45, 2.75) is 24.5 Å². The number of fused-ring (bicyclic) bond motifs is 1. The van der Waals surface area contributed by atoms with Gasteiger partial charge in [0.15, 0.2) is 5.65 Å². The highest BCUT2D eigenvalue weighted by molar-refractivity contribution is 7.66. The highest BCUT2D eigenvalue weighted by Crippen LogP contribution is 2.68. The van der Waals surface area contributed by atoms with Crippen LogP contribution in [0.15, 0.2) is 12.5 Å². The molecule has 31 heavy (non-hydrogen) atoms. The number of nitrogens with zero attached hydrogens (tertiary/aromatic N) is 4. The van der Waals surface area contributed by atoms with Crippen LogP contribution in [0.2, 0.25) is 0 Å². The van der Waals surface area contributed by atoms with Crippen LogP contribution >= 0.6 is 23.5 Å². The van der Waals surface area contributed by atoms with E-state index in [0.717, 1.165) is 10.9 Å². The Morgan fingerprint density at radius 1 is 1.19 bits per heavy atom. The number of ether oxygens (including phenoxy) is 1. The number of hydrogen-bond donors (Lipinski definition) is 7. The van der Waals surface area contributed by atoms with Crippen molar-refractivity contribution in [1.82, 2.24) is 19.5 Å². The number of nitrogens with two attached hydrogens (primary N) is 1. The SMILES string of the molecule is Nc1ncc2ncn(C3(OP(=O)(O)OP(=O)(O)OP(=O)(O)O)C[C@H](O)[C@@H](CO)O3)c2n1. The summed E-state index contributed by atoms with van der Waals surface area (Å²) in [6.45, 7) is -0.771. The summed E-state index contributed by atoms with van der Waals surface area (Å²) in [6.07, 6.45) is -1.33. The van der Waals surface area contributed by atoms with Gasteiger partial charge in [0.25, 0.3) is 5.91 Å². The van der Waals surface area contributed by atoms with Gasteiger partial charge in [0, 0.05) is 0 Å². The number of rotatable bonds is 8. The molecule has 3 heterocycles. The molecule has 1 aliphatic heterocycles. The molecule has 0 amide bonds. The fourth-order valence-corrected chi connectivity index (χ4v) is 5.93. The van der Waals surface area contributed by atoms with Crippen molar-refractivity contribution < 1.29 is 61.4 Å². The maximum Gasteiger partial charge on any atom is 0.490 e. The third-order valence-corrected chi connectivity index (χ3v) is 7.61. The van der Waals surface area contributed by atoms with Crippen molar-refractivity contribution in [3.63, 3.8) is 0 Å². The Morgan fingerprint density at radius 2 is 1.87 bits per heavy atom. The number of hydrogen-bond acceptors (Lipinski definition) is 13. The summed E-state index contributed by atoms with van der Waals surface area (Å²) in [5.74, 6) is -2.76. The van der Waals surface area contributed by atoms with Gasteiger partial charge in [-0.2, -0.15) is 13.6 Å². The number of aliphatic hydroxyl groups is 2. The van der Waals surface area contributed by atoms with E-state index in [9.17, 15) is 33.7 Å². The van der Waals surface area contributed by atoms with Crippen molar-refractivity contribution >= 4 is 40.6 Å². The van der Waals surface area contributed by atoms with Crippen LogP contribution in [-0.2, 0) is 37.5 Å². The molecule has 3 rings (SSSR count). The highest BCUT2D eigenvalue weighted by Gasteiger charge is 2.55. The van der Waals surface area contributed by atoms with Crippen LogP contribution in [-0.4, -0.2) is 68.1 Å². The third kappa shape index (κ3) is 5.53. The average Bonchev–Trinajstić information content (AvgIpc) is 3.11. The second kappa shape index (κ2) is 8.20. The lowest BCUT2D eigenvalue weighted by atomic mass is 10.2. The fraction of sp³-hybridized carbons (Fsp3) is 0.500. The maximum atomic E-state index is 12.4. The van der Waals surface area contributed by atoms with Crippen LogP contribution < -0.4 is 5.73 Å². The quantitative estimate of drug-likeness (QED) is 0.200. The first-order valence-electron chi connectivity index (χ1n) is 7.93. The Kier molecular flexibility index (Phi) is 6.43. The number of nitrogen functional groups attached to an aromatic ring is 1. The van der Waals surface area contributed by atoms with Gasteiger partial charge in [-0.05, 0) is 0 Å². The number of imidazole rings is 1. The molecule has 0 saturated carbocycles. The van der Waals surface area contributed by atoms with Gasteiger partial charge < -0.3 is 40.3 Å². The predicted molar refractivity (Wildman–Crippen MR) is 95.2 cm³/mol.